The summed E-state index contributed by atoms with van der Waals surface area (Å²) in [5.41, 5.74) is 4.05. The number of nitrogens with zero attached hydrogens (tertiary/aromatic N) is 3. The summed E-state index contributed by atoms with van der Waals surface area (Å²) in [7, 11) is 1.80. The Balaban J connectivity index is 1.54. The summed E-state index contributed by atoms with van der Waals surface area (Å²) in [6.45, 7) is 4.35. The number of fused-ring (bicyclic) bond motifs is 1. The number of carbonyl (C=O) groups excluding carboxylic acids is 1. The zero-order valence-corrected chi connectivity index (χ0v) is 18.7. The molecule has 0 bridgehead atoms. The van der Waals surface area contributed by atoms with Crippen molar-refractivity contribution < 1.29 is 4.79 Å². The number of hydrogen-bond donors (Lipinski definition) is 0. The van der Waals surface area contributed by atoms with E-state index in [0.29, 0.717) is 11.9 Å². The molecule has 1 amide bonds. The molecule has 0 aliphatic rings. The van der Waals surface area contributed by atoms with Gasteiger partial charge in [0.1, 0.15) is 4.83 Å². The molecular weight excluding hydrogens is 406 g/mol. The van der Waals surface area contributed by atoms with Crippen molar-refractivity contribution in [1.29, 1.82) is 0 Å². The maximum Gasteiger partial charge on any atom is 0.262 e. The van der Waals surface area contributed by atoms with Crippen molar-refractivity contribution in [3.63, 3.8) is 0 Å². The van der Waals surface area contributed by atoms with Crippen LogP contribution in [0.2, 0.25) is 0 Å². The van der Waals surface area contributed by atoms with Crippen LogP contribution < -0.4 is 5.56 Å². The molecule has 0 N–H and O–H groups in total. The summed E-state index contributed by atoms with van der Waals surface area (Å²) in [6.07, 6.45) is 1.79. The summed E-state index contributed by atoms with van der Waals surface area (Å²) >= 11 is 1.47. The molecular formula is C25H25N3O2S. The van der Waals surface area contributed by atoms with Crippen molar-refractivity contribution in [3.05, 3.63) is 87.8 Å². The SMILES string of the molecule is Cc1ccc(-c2csc3ncn(CCC(=O)N(C)[C@H](C)c4ccccc4)c(=O)c23)cc1. The molecule has 0 saturated heterocycles. The minimum Gasteiger partial charge on any atom is -0.339 e. The minimum absolute atomic E-state index is 0.00701. The van der Waals surface area contributed by atoms with E-state index in [1.807, 2.05) is 73.8 Å². The number of aromatic nitrogens is 2. The van der Waals surface area contributed by atoms with E-state index >= 15 is 0 Å². The number of thiophene rings is 1. The lowest BCUT2D eigenvalue weighted by Crippen LogP contribution is -2.31. The fraction of sp³-hybridized carbons (Fsp3) is 0.240. The first-order valence-electron chi connectivity index (χ1n) is 10.3. The summed E-state index contributed by atoms with van der Waals surface area (Å²) in [5, 5.41) is 2.60. The highest BCUT2D eigenvalue weighted by Crippen LogP contribution is 2.30. The van der Waals surface area contributed by atoms with Crippen LogP contribution in [0.25, 0.3) is 21.3 Å². The van der Waals surface area contributed by atoms with Crippen molar-refractivity contribution in [3.8, 4) is 11.1 Å². The molecule has 158 valence electrons. The van der Waals surface area contributed by atoms with Crippen molar-refractivity contribution in [1.82, 2.24) is 14.5 Å². The molecule has 0 radical (unpaired) electrons. The third-order valence-electron chi connectivity index (χ3n) is 5.75. The van der Waals surface area contributed by atoms with E-state index in [0.717, 1.165) is 21.5 Å². The molecule has 0 saturated carbocycles. The second kappa shape index (κ2) is 8.86. The van der Waals surface area contributed by atoms with Crippen LogP contribution in [0.3, 0.4) is 0 Å². The van der Waals surface area contributed by atoms with Crippen LogP contribution in [0, 0.1) is 6.92 Å². The Morgan fingerprint density at radius 3 is 2.55 bits per heavy atom. The predicted molar refractivity (Wildman–Crippen MR) is 126 cm³/mol. The van der Waals surface area contributed by atoms with Gasteiger partial charge in [0.05, 0.1) is 17.8 Å². The highest BCUT2D eigenvalue weighted by atomic mass is 32.1. The number of hydrogen-bond acceptors (Lipinski definition) is 4. The first-order valence-corrected chi connectivity index (χ1v) is 11.2. The Labute approximate surface area is 185 Å². The maximum atomic E-state index is 13.2. The van der Waals surface area contributed by atoms with Crippen LogP contribution in [0.15, 0.2) is 71.1 Å². The highest BCUT2D eigenvalue weighted by molar-refractivity contribution is 7.17. The lowest BCUT2D eigenvalue weighted by molar-refractivity contribution is -0.132. The zero-order valence-electron chi connectivity index (χ0n) is 17.9. The third kappa shape index (κ3) is 4.30. The summed E-state index contributed by atoms with van der Waals surface area (Å²) in [4.78, 5) is 32.9. The third-order valence-corrected chi connectivity index (χ3v) is 6.63. The molecule has 1 atom stereocenters. The van der Waals surface area contributed by atoms with Crippen molar-refractivity contribution >= 4 is 27.5 Å². The fourth-order valence-corrected chi connectivity index (χ4v) is 4.54. The molecule has 31 heavy (non-hydrogen) atoms. The normalized spacial score (nSPS) is 12.1. The largest absolute Gasteiger partial charge is 0.339 e. The van der Waals surface area contributed by atoms with Gasteiger partial charge in [0.25, 0.3) is 5.56 Å². The van der Waals surface area contributed by atoms with Gasteiger partial charge in [0, 0.05) is 31.0 Å². The number of amides is 1. The van der Waals surface area contributed by atoms with Crippen LogP contribution >= 0.6 is 11.3 Å². The molecule has 2 aromatic heterocycles. The molecule has 2 heterocycles. The van der Waals surface area contributed by atoms with Crippen molar-refractivity contribution in [2.24, 2.45) is 0 Å². The number of rotatable bonds is 6. The fourth-order valence-electron chi connectivity index (χ4n) is 3.64. The van der Waals surface area contributed by atoms with E-state index in [4.69, 9.17) is 0 Å². The van der Waals surface area contributed by atoms with Crippen LogP contribution in [-0.4, -0.2) is 27.4 Å². The zero-order chi connectivity index (χ0) is 22.0. The van der Waals surface area contributed by atoms with Gasteiger partial charge in [-0.3, -0.25) is 14.2 Å². The van der Waals surface area contributed by atoms with Crippen molar-refractivity contribution in [2.45, 2.75) is 32.9 Å². The van der Waals surface area contributed by atoms with Crippen molar-refractivity contribution in [2.75, 3.05) is 7.05 Å². The van der Waals surface area contributed by atoms with Gasteiger partial charge in [-0.05, 0) is 25.0 Å². The molecule has 0 unspecified atom stereocenters. The van der Waals surface area contributed by atoms with E-state index in [1.165, 1.54) is 16.9 Å². The predicted octanol–water partition coefficient (Wildman–Crippen LogP) is 5.04. The Kier molecular flexibility index (Phi) is 6.00. The Hall–Kier alpha value is -3.25. The average molecular weight is 432 g/mol. The first kappa shape index (κ1) is 21.0. The van der Waals surface area contributed by atoms with Gasteiger partial charge in [-0.25, -0.2) is 4.98 Å². The molecule has 0 spiro atoms. The highest BCUT2D eigenvalue weighted by Gasteiger charge is 2.18. The summed E-state index contributed by atoms with van der Waals surface area (Å²) < 4.78 is 1.55. The molecule has 6 heteroatoms. The van der Waals surface area contributed by atoms with Crippen LogP contribution in [0.1, 0.15) is 30.5 Å². The smallest absolute Gasteiger partial charge is 0.262 e. The van der Waals surface area contributed by atoms with Crippen LogP contribution in [0.4, 0.5) is 0 Å². The molecule has 0 aliphatic heterocycles. The monoisotopic (exact) mass is 431 g/mol. The second-order valence-corrected chi connectivity index (χ2v) is 8.64. The Bertz CT molecular complexity index is 1260. The van der Waals surface area contributed by atoms with Gasteiger partial charge in [0.15, 0.2) is 0 Å². The van der Waals surface area contributed by atoms with Gasteiger partial charge in [-0.15, -0.1) is 11.3 Å². The number of aryl methyl sites for hydroxylation is 2. The molecule has 0 fully saturated rings. The molecule has 4 rings (SSSR count). The van der Waals surface area contributed by atoms with E-state index in [9.17, 15) is 9.59 Å². The topological polar surface area (TPSA) is 55.2 Å². The number of carbonyl (C=O) groups is 1. The summed E-state index contributed by atoms with van der Waals surface area (Å²) in [5.74, 6) is -0.00701. The van der Waals surface area contributed by atoms with Gasteiger partial charge in [-0.1, -0.05) is 60.2 Å². The van der Waals surface area contributed by atoms with E-state index in [1.54, 1.807) is 22.8 Å². The lowest BCUT2D eigenvalue weighted by atomic mass is 10.1. The van der Waals surface area contributed by atoms with Gasteiger partial charge < -0.3 is 4.90 Å². The quantitative estimate of drug-likeness (QED) is 0.430. The summed E-state index contributed by atoms with van der Waals surface area (Å²) in [6, 6.07) is 18.0. The molecule has 0 aliphatic carbocycles. The standard InChI is InChI=1S/C25H25N3O2S/c1-17-9-11-20(12-10-17)21-15-31-24-23(21)25(30)28(16-26-24)14-13-22(29)27(3)18(2)19-7-5-4-6-8-19/h4-12,15-16,18H,13-14H2,1-3H3/t18-/m1/s1. The number of benzene rings is 2. The first-order chi connectivity index (χ1) is 15.0. The minimum atomic E-state index is -0.103. The van der Waals surface area contributed by atoms with E-state index in [2.05, 4.69) is 4.98 Å². The Morgan fingerprint density at radius 2 is 1.84 bits per heavy atom. The van der Waals surface area contributed by atoms with Gasteiger partial charge >= 0.3 is 0 Å². The lowest BCUT2D eigenvalue weighted by Gasteiger charge is -2.25. The van der Waals surface area contributed by atoms with E-state index < -0.39 is 0 Å². The maximum absolute atomic E-state index is 13.2. The van der Waals surface area contributed by atoms with Crippen LogP contribution in [-0.2, 0) is 11.3 Å². The molecule has 2 aromatic carbocycles. The van der Waals surface area contributed by atoms with Crippen LogP contribution in [0.5, 0.6) is 0 Å². The molecule has 4 aromatic rings. The average Bonchev–Trinajstić information content (AvgIpc) is 3.23. The van der Waals surface area contributed by atoms with Gasteiger partial charge in [-0.2, -0.15) is 0 Å². The van der Waals surface area contributed by atoms with Gasteiger partial charge in [0.2, 0.25) is 5.91 Å². The second-order valence-electron chi connectivity index (χ2n) is 7.78. The molecule has 5 nitrogen and oxygen atoms in total. The van der Waals surface area contributed by atoms with E-state index in [-0.39, 0.29) is 23.9 Å². The Morgan fingerprint density at radius 1 is 1.13 bits per heavy atom.